The van der Waals surface area contributed by atoms with Crippen molar-refractivity contribution in [3.05, 3.63) is 75.1 Å². The van der Waals surface area contributed by atoms with Crippen molar-refractivity contribution in [2.45, 2.75) is 13.8 Å². The van der Waals surface area contributed by atoms with Crippen molar-refractivity contribution in [1.82, 2.24) is 0 Å². The molecule has 1 N–H and O–H groups in total. The number of benzene rings is 2. The maximum absolute atomic E-state index is 12.7. The average Bonchev–Trinajstić information content (AvgIpc) is 2.99. The predicted octanol–water partition coefficient (Wildman–Crippen LogP) is 5.92. The van der Waals surface area contributed by atoms with E-state index in [1.54, 1.807) is 31.2 Å². The molecule has 0 bridgehead atoms. The Hall–Kier alpha value is -2.44. The summed E-state index contributed by atoms with van der Waals surface area (Å²) < 4.78 is 6.15. The molecule has 138 valence electrons. The van der Waals surface area contributed by atoms with E-state index in [2.05, 4.69) is 21.2 Å². The molecule has 1 heterocycles. The quantitative estimate of drug-likeness (QED) is 0.498. The molecule has 2 aromatic carbocycles. The molecule has 0 aliphatic rings. The SMILES string of the molecule is CCOC(=O)c1c(NC(=O)c2ccc(Br)cc2)sc(C)c1-c1ccccc1. The highest BCUT2D eigenvalue weighted by Crippen LogP contribution is 2.40. The van der Waals surface area contributed by atoms with E-state index < -0.39 is 5.97 Å². The third kappa shape index (κ3) is 4.28. The first-order valence-electron chi connectivity index (χ1n) is 8.44. The van der Waals surface area contributed by atoms with Crippen LogP contribution in [-0.4, -0.2) is 18.5 Å². The van der Waals surface area contributed by atoms with Crippen molar-refractivity contribution in [1.29, 1.82) is 0 Å². The van der Waals surface area contributed by atoms with Gasteiger partial charge in [-0.05, 0) is 43.7 Å². The van der Waals surface area contributed by atoms with Crippen molar-refractivity contribution in [3.63, 3.8) is 0 Å². The minimum atomic E-state index is -0.438. The number of amides is 1. The van der Waals surface area contributed by atoms with Crippen LogP contribution in [0.2, 0.25) is 0 Å². The van der Waals surface area contributed by atoms with E-state index in [0.717, 1.165) is 20.5 Å². The number of ether oxygens (including phenoxy) is 1. The molecule has 0 aliphatic heterocycles. The normalized spacial score (nSPS) is 10.5. The summed E-state index contributed by atoms with van der Waals surface area (Å²) in [4.78, 5) is 26.2. The van der Waals surface area contributed by atoms with Gasteiger partial charge in [-0.2, -0.15) is 0 Å². The standard InChI is InChI=1S/C21H18BrNO3S/c1-3-26-21(25)18-17(14-7-5-4-6-8-14)13(2)27-20(18)23-19(24)15-9-11-16(22)12-10-15/h4-12H,3H2,1-2H3,(H,23,24). The van der Waals surface area contributed by atoms with E-state index in [1.165, 1.54) is 11.3 Å². The van der Waals surface area contributed by atoms with Crippen LogP contribution in [0.1, 0.15) is 32.5 Å². The van der Waals surface area contributed by atoms with Gasteiger partial charge in [0.15, 0.2) is 0 Å². The van der Waals surface area contributed by atoms with E-state index >= 15 is 0 Å². The van der Waals surface area contributed by atoms with Gasteiger partial charge in [0.25, 0.3) is 5.91 Å². The molecule has 0 fully saturated rings. The van der Waals surface area contributed by atoms with Crippen LogP contribution in [-0.2, 0) is 4.74 Å². The minimum absolute atomic E-state index is 0.266. The summed E-state index contributed by atoms with van der Waals surface area (Å²) in [6.07, 6.45) is 0. The second-order valence-corrected chi connectivity index (χ2v) is 7.93. The molecule has 1 aromatic heterocycles. The van der Waals surface area contributed by atoms with E-state index in [-0.39, 0.29) is 12.5 Å². The average molecular weight is 444 g/mol. The first-order valence-corrected chi connectivity index (χ1v) is 10.0. The minimum Gasteiger partial charge on any atom is -0.462 e. The number of thiophene rings is 1. The summed E-state index contributed by atoms with van der Waals surface area (Å²) in [7, 11) is 0. The number of halogens is 1. The van der Waals surface area contributed by atoms with Gasteiger partial charge in [-0.25, -0.2) is 4.79 Å². The zero-order valence-electron chi connectivity index (χ0n) is 14.9. The first-order chi connectivity index (χ1) is 13.0. The smallest absolute Gasteiger partial charge is 0.341 e. The molecule has 0 radical (unpaired) electrons. The number of hydrogen-bond acceptors (Lipinski definition) is 4. The van der Waals surface area contributed by atoms with Crippen molar-refractivity contribution >= 4 is 44.1 Å². The second kappa shape index (κ2) is 8.50. The summed E-state index contributed by atoms with van der Waals surface area (Å²) in [6, 6.07) is 16.7. The molecular formula is C21H18BrNO3S. The molecule has 1 amide bonds. The second-order valence-electron chi connectivity index (χ2n) is 5.78. The van der Waals surface area contributed by atoms with Crippen LogP contribution in [0.15, 0.2) is 59.1 Å². The molecule has 0 saturated heterocycles. The Morgan fingerprint density at radius 3 is 2.37 bits per heavy atom. The number of hydrogen-bond donors (Lipinski definition) is 1. The van der Waals surface area contributed by atoms with Gasteiger partial charge in [0, 0.05) is 20.5 Å². The van der Waals surface area contributed by atoms with E-state index in [0.29, 0.717) is 16.1 Å². The number of esters is 1. The van der Waals surface area contributed by atoms with Crippen molar-refractivity contribution in [2.75, 3.05) is 11.9 Å². The van der Waals surface area contributed by atoms with Crippen molar-refractivity contribution < 1.29 is 14.3 Å². The zero-order valence-corrected chi connectivity index (χ0v) is 17.3. The lowest BCUT2D eigenvalue weighted by Gasteiger charge is -2.09. The van der Waals surface area contributed by atoms with Crippen LogP contribution in [0.5, 0.6) is 0 Å². The van der Waals surface area contributed by atoms with Crippen LogP contribution in [0.3, 0.4) is 0 Å². The number of rotatable bonds is 5. The van der Waals surface area contributed by atoms with Crippen LogP contribution in [0.4, 0.5) is 5.00 Å². The monoisotopic (exact) mass is 443 g/mol. The Morgan fingerprint density at radius 2 is 1.74 bits per heavy atom. The molecule has 0 unspecified atom stereocenters. The molecule has 3 rings (SSSR count). The molecule has 0 spiro atoms. The number of carbonyl (C=O) groups excluding carboxylic acids is 2. The Labute approximate surface area is 170 Å². The number of nitrogens with one attached hydrogen (secondary N) is 1. The lowest BCUT2D eigenvalue weighted by molar-refractivity contribution is 0.0529. The Kier molecular flexibility index (Phi) is 6.08. The molecule has 0 saturated carbocycles. The Balaban J connectivity index is 2.03. The number of aryl methyl sites for hydroxylation is 1. The third-order valence-corrected chi connectivity index (χ3v) is 5.51. The highest BCUT2D eigenvalue weighted by Gasteiger charge is 2.25. The van der Waals surface area contributed by atoms with Gasteiger partial charge in [-0.1, -0.05) is 46.3 Å². The van der Waals surface area contributed by atoms with Crippen LogP contribution in [0.25, 0.3) is 11.1 Å². The van der Waals surface area contributed by atoms with Gasteiger partial charge in [-0.15, -0.1) is 11.3 Å². The maximum Gasteiger partial charge on any atom is 0.341 e. The molecule has 27 heavy (non-hydrogen) atoms. The summed E-state index contributed by atoms with van der Waals surface area (Å²) in [5.41, 5.74) is 2.62. The van der Waals surface area contributed by atoms with Gasteiger partial charge in [0.1, 0.15) is 10.6 Å². The number of anilines is 1. The maximum atomic E-state index is 12.7. The van der Waals surface area contributed by atoms with Gasteiger partial charge in [0.2, 0.25) is 0 Å². The van der Waals surface area contributed by atoms with Crippen molar-refractivity contribution in [3.8, 4) is 11.1 Å². The summed E-state index contributed by atoms with van der Waals surface area (Å²) in [6.45, 7) is 3.96. The topological polar surface area (TPSA) is 55.4 Å². The van der Waals surface area contributed by atoms with Gasteiger partial charge in [0.05, 0.1) is 6.61 Å². The van der Waals surface area contributed by atoms with Gasteiger partial charge >= 0.3 is 5.97 Å². The molecule has 0 aliphatic carbocycles. The molecule has 6 heteroatoms. The third-order valence-electron chi connectivity index (χ3n) is 3.96. The zero-order chi connectivity index (χ0) is 19.4. The largest absolute Gasteiger partial charge is 0.462 e. The van der Waals surface area contributed by atoms with Crippen LogP contribution < -0.4 is 5.32 Å². The number of carbonyl (C=O) groups is 2. The highest BCUT2D eigenvalue weighted by atomic mass is 79.9. The van der Waals surface area contributed by atoms with E-state index in [4.69, 9.17) is 4.74 Å². The molecular weight excluding hydrogens is 426 g/mol. The fraction of sp³-hybridized carbons (Fsp3) is 0.143. The lowest BCUT2D eigenvalue weighted by Crippen LogP contribution is -2.14. The van der Waals surface area contributed by atoms with Gasteiger partial charge in [-0.3, -0.25) is 4.79 Å². The summed E-state index contributed by atoms with van der Waals surface area (Å²) in [5, 5.41) is 3.38. The Bertz CT molecular complexity index is 965. The summed E-state index contributed by atoms with van der Waals surface area (Å²) >= 11 is 4.73. The lowest BCUT2D eigenvalue weighted by atomic mass is 10.0. The molecule has 3 aromatic rings. The van der Waals surface area contributed by atoms with Gasteiger partial charge < -0.3 is 10.1 Å². The fourth-order valence-electron chi connectivity index (χ4n) is 2.76. The fourth-order valence-corrected chi connectivity index (χ4v) is 4.08. The predicted molar refractivity (Wildman–Crippen MR) is 113 cm³/mol. The van der Waals surface area contributed by atoms with E-state index in [1.807, 2.05) is 37.3 Å². The Morgan fingerprint density at radius 1 is 1.07 bits per heavy atom. The van der Waals surface area contributed by atoms with Crippen LogP contribution in [0, 0.1) is 6.92 Å². The summed E-state index contributed by atoms with van der Waals surface area (Å²) in [5.74, 6) is -0.708. The molecule has 4 nitrogen and oxygen atoms in total. The molecule has 0 atom stereocenters. The van der Waals surface area contributed by atoms with E-state index in [9.17, 15) is 9.59 Å². The van der Waals surface area contributed by atoms with Crippen LogP contribution >= 0.6 is 27.3 Å². The first kappa shape index (κ1) is 19.3. The highest BCUT2D eigenvalue weighted by molar-refractivity contribution is 9.10. The van der Waals surface area contributed by atoms with Crippen molar-refractivity contribution in [2.24, 2.45) is 0 Å².